The van der Waals surface area contributed by atoms with Crippen molar-refractivity contribution >= 4 is 40.8 Å². The zero-order valence-corrected chi connectivity index (χ0v) is 18.1. The van der Waals surface area contributed by atoms with Crippen LogP contribution in [0.4, 0.5) is 10.2 Å². The molecule has 9 heteroatoms. The van der Waals surface area contributed by atoms with E-state index in [1.54, 1.807) is 25.4 Å². The quantitative estimate of drug-likeness (QED) is 0.447. The van der Waals surface area contributed by atoms with E-state index in [1.165, 1.54) is 18.3 Å². The molecule has 1 fully saturated rings. The summed E-state index contributed by atoms with van der Waals surface area (Å²) in [5.74, 6) is -0.0826. The van der Waals surface area contributed by atoms with Gasteiger partial charge in [0.15, 0.2) is 11.6 Å². The van der Waals surface area contributed by atoms with Gasteiger partial charge in [-0.05, 0) is 51.1 Å². The molecule has 160 valence electrons. The number of aromatic nitrogens is 1. The van der Waals surface area contributed by atoms with Gasteiger partial charge in [0, 0.05) is 40.3 Å². The third kappa shape index (κ3) is 5.22. The Morgan fingerprint density at radius 3 is 2.80 bits per heavy atom. The minimum absolute atomic E-state index is 0.0886. The van der Waals surface area contributed by atoms with Crippen LogP contribution < -0.4 is 21.5 Å². The summed E-state index contributed by atoms with van der Waals surface area (Å²) in [7, 11) is 0. The molecule has 6 nitrogen and oxygen atoms in total. The van der Waals surface area contributed by atoms with Gasteiger partial charge in [-0.3, -0.25) is 4.99 Å². The zero-order chi connectivity index (χ0) is 21.7. The van der Waals surface area contributed by atoms with Gasteiger partial charge in [-0.2, -0.15) is 0 Å². The number of nitrogen functional groups attached to an aromatic ring is 1. The lowest BCUT2D eigenvalue weighted by Gasteiger charge is -2.20. The summed E-state index contributed by atoms with van der Waals surface area (Å²) in [6.07, 6.45) is 6.11. The second-order valence-electron chi connectivity index (χ2n) is 7.01. The summed E-state index contributed by atoms with van der Waals surface area (Å²) in [6, 6.07) is 4.61. The van der Waals surface area contributed by atoms with Crippen LogP contribution in [0.1, 0.15) is 37.0 Å². The lowest BCUT2D eigenvalue weighted by Crippen LogP contribution is -2.29. The predicted octanol–water partition coefficient (Wildman–Crippen LogP) is 4.37. The molecule has 1 aliphatic rings. The maximum absolute atomic E-state index is 13.9. The first-order valence-corrected chi connectivity index (χ1v) is 10.4. The van der Waals surface area contributed by atoms with Crippen molar-refractivity contribution in [3.8, 4) is 5.75 Å². The first-order valence-electron chi connectivity index (χ1n) is 9.62. The van der Waals surface area contributed by atoms with Gasteiger partial charge in [0.05, 0.1) is 11.1 Å². The molecule has 0 radical (unpaired) electrons. The van der Waals surface area contributed by atoms with E-state index >= 15 is 0 Å². The van der Waals surface area contributed by atoms with Crippen molar-refractivity contribution in [2.24, 2.45) is 10.7 Å². The largest absolute Gasteiger partial charge is 0.482 e. The number of nitrogens with zero attached hydrogens (tertiary/aromatic N) is 2. The van der Waals surface area contributed by atoms with Crippen molar-refractivity contribution in [3.63, 3.8) is 0 Å². The van der Waals surface area contributed by atoms with Crippen LogP contribution in [0, 0.1) is 5.82 Å². The van der Waals surface area contributed by atoms with Crippen molar-refractivity contribution in [1.29, 1.82) is 0 Å². The zero-order valence-electron chi connectivity index (χ0n) is 16.5. The number of piperidine rings is 1. The summed E-state index contributed by atoms with van der Waals surface area (Å²) in [6.45, 7) is 3.61. The van der Waals surface area contributed by atoms with Crippen molar-refractivity contribution in [3.05, 3.63) is 57.6 Å². The third-order valence-corrected chi connectivity index (χ3v) is 5.63. The maximum Gasteiger partial charge on any atom is 0.166 e. The molecule has 2 aromatic rings. The van der Waals surface area contributed by atoms with Crippen LogP contribution in [0.3, 0.4) is 0 Å². The number of nitrogens with one attached hydrogen (secondary N) is 1. The molecule has 1 aliphatic heterocycles. The fourth-order valence-electron chi connectivity index (χ4n) is 3.23. The van der Waals surface area contributed by atoms with E-state index in [0.29, 0.717) is 27.5 Å². The molecule has 1 aromatic heterocycles. The smallest absolute Gasteiger partial charge is 0.166 e. The molecule has 5 N–H and O–H groups in total. The monoisotopic (exact) mass is 451 g/mol. The summed E-state index contributed by atoms with van der Waals surface area (Å²) in [4.78, 5) is 8.83. The van der Waals surface area contributed by atoms with Crippen LogP contribution in [0.15, 0.2) is 35.6 Å². The molecular formula is C21H24Cl2FN5O. The van der Waals surface area contributed by atoms with Gasteiger partial charge < -0.3 is 21.5 Å². The van der Waals surface area contributed by atoms with Gasteiger partial charge in [0.25, 0.3) is 0 Å². The van der Waals surface area contributed by atoms with Crippen molar-refractivity contribution in [2.75, 3.05) is 18.8 Å². The Balaban J connectivity index is 1.82. The highest BCUT2D eigenvalue weighted by molar-refractivity contribution is 6.36. The predicted molar refractivity (Wildman–Crippen MR) is 121 cm³/mol. The molecule has 1 saturated heterocycles. The third-order valence-electron chi connectivity index (χ3n) is 4.92. The van der Waals surface area contributed by atoms with Crippen molar-refractivity contribution in [2.45, 2.75) is 31.9 Å². The van der Waals surface area contributed by atoms with Gasteiger partial charge in [-0.25, -0.2) is 9.37 Å². The Labute approximate surface area is 185 Å². The van der Waals surface area contributed by atoms with Gasteiger partial charge in [0.2, 0.25) is 0 Å². The van der Waals surface area contributed by atoms with Gasteiger partial charge in [-0.15, -0.1) is 0 Å². The van der Waals surface area contributed by atoms with Gasteiger partial charge in [-0.1, -0.05) is 23.2 Å². The van der Waals surface area contributed by atoms with Crippen LogP contribution in [-0.4, -0.2) is 30.3 Å². The Morgan fingerprint density at radius 1 is 1.37 bits per heavy atom. The van der Waals surface area contributed by atoms with E-state index in [0.717, 1.165) is 25.9 Å². The molecule has 1 aromatic carbocycles. The van der Waals surface area contributed by atoms with E-state index in [2.05, 4.69) is 15.3 Å². The Hall–Kier alpha value is -2.35. The number of aliphatic imine (C=N–C) groups is 1. The van der Waals surface area contributed by atoms with E-state index in [9.17, 15) is 4.39 Å². The lowest BCUT2D eigenvalue weighted by atomic mass is 10.1. The fourth-order valence-corrected chi connectivity index (χ4v) is 3.91. The molecule has 30 heavy (non-hydrogen) atoms. The molecule has 0 saturated carbocycles. The van der Waals surface area contributed by atoms with Gasteiger partial charge in [0.1, 0.15) is 11.9 Å². The Morgan fingerprint density at radius 2 is 2.10 bits per heavy atom. The highest BCUT2D eigenvalue weighted by Crippen LogP contribution is 2.36. The standard InChI is InChI=1S/C21H24Cl2FN5O/c1-12(19-16(22)2-3-17(24)20(19)23)30-18-8-13(10-29-21(18)26)14(9-25)11-28-15-4-6-27-7-5-15/h2-3,8-12,15,27H,4-7,25H2,1H3,(H2,26,29)/t12-/m1/s1. The molecule has 0 bridgehead atoms. The van der Waals surface area contributed by atoms with E-state index in [4.69, 9.17) is 39.4 Å². The number of halogens is 3. The van der Waals surface area contributed by atoms with Crippen LogP contribution >= 0.6 is 23.2 Å². The highest BCUT2D eigenvalue weighted by atomic mass is 35.5. The highest BCUT2D eigenvalue weighted by Gasteiger charge is 2.20. The fraction of sp³-hybridized carbons (Fsp3) is 0.333. The SMILES string of the molecule is C[C@@H](Oc1cc(C(C=NC2CCNCC2)=CN)cnc1N)c1c(Cl)ccc(F)c1Cl. The number of anilines is 1. The Kier molecular flexibility index (Phi) is 7.53. The van der Waals surface area contributed by atoms with Crippen molar-refractivity contribution < 1.29 is 9.13 Å². The minimum atomic E-state index is -0.659. The number of pyridine rings is 1. The molecule has 0 amide bonds. The van der Waals surface area contributed by atoms with E-state index < -0.39 is 11.9 Å². The molecule has 1 atom stereocenters. The lowest BCUT2D eigenvalue weighted by molar-refractivity contribution is 0.227. The molecule has 2 heterocycles. The number of nitrogens with two attached hydrogens (primary N) is 2. The van der Waals surface area contributed by atoms with Crippen LogP contribution in [0.5, 0.6) is 5.75 Å². The van der Waals surface area contributed by atoms with Gasteiger partial charge >= 0.3 is 0 Å². The summed E-state index contributed by atoms with van der Waals surface area (Å²) >= 11 is 12.3. The molecule has 3 rings (SSSR count). The minimum Gasteiger partial charge on any atom is -0.482 e. The van der Waals surface area contributed by atoms with Crippen LogP contribution in [-0.2, 0) is 0 Å². The first kappa shape index (κ1) is 22.3. The van der Waals surface area contributed by atoms with Crippen LogP contribution in [0.2, 0.25) is 10.0 Å². The summed E-state index contributed by atoms with van der Waals surface area (Å²) in [5.41, 5.74) is 13.5. The Bertz CT molecular complexity index is 961. The topological polar surface area (TPSA) is 98.5 Å². The van der Waals surface area contributed by atoms with Crippen molar-refractivity contribution in [1.82, 2.24) is 10.3 Å². The van der Waals surface area contributed by atoms with Crippen LogP contribution in [0.25, 0.3) is 5.57 Å². The second kappa shape index (κ2) is 10.1. The second-order valence-corrected chi connectivity index (χ2v) is 7.79. The molecule has 0 spiro atoms. The number of allylic oxidation sites excluding steroid dienone is 1. The molecule has 0 aliphatic carbocycles. The van der Waals surface area contributed by atoms with E-state index in [-0.39, 0.29) is 16.9 Å². The number of benzene rings is 1. The number of hydrogen-bond donors (Lipinski definition) is 3. The normalized spacial score (nSPS) is 16.7. The number of hydrogen-bond acceptors (Lipinski definition) is 6. The maximum atomic E-state index is 13.9. The molecule has 0 unspecified atom stereocenters. The summed E-state index contributed by atoms with van der Waals surface area (Å²) < 4.78 is 19.8. The average Bonchev–Trinajstić information content (AvgIpc) is 2.74. The number of ether oxygens (including phenoxy) is 1. The van der Waals surface area contributed by atoms with E-state index in [1.807, 2.05) is 0 Å². The first-order chi connectivity index (χ1) is 14.4. The summed E-state index contributed by atoms with van der Waals surface area (Å²) in [5, 5.41) is 3.52. The number of rotatable bonds is 6. The average molecular weight is 452 g/mol. The molecular weight excluding hydrogens is 428 g/mol.